The van der Waals surface area contributed by atoms with Crippen LogP contribution in [-0.2, 0) is 9.53 Å². The van der Waals surface area contributed by atoms with E-state index >= 15 is 0 Å². The van der Waals surface area contributed by atoms with Gasteiger partial charge in [-0.1, -0.05) is 13.8 Å². The second-order valence-corrected chi connectivity index (χ2v) is 6.94. The molecular formula is C17H23NO5. The largest absolute Gasteiger partial charge is 0.481 e. The summed E-state index contributed by atoms with van der Waals surface area (Å²) in [5.41, 5.74) is -0.333. The molecule has 3 heterocycles. The molecule has 6 nitrogen and oxygen atoms in total. The third-order valence-electron chi connectivity index (χ3n) is 5.16. The SMILES string of the molecule is Cc1oc(C(C)C)cc1C(=O)N1C[C@H]2COCC[C@@]2(C(=O)O)C1. The van der Waals surface area contributed by atoms with Crippen LogP contribution in [0.25, 0.3) is 0 Å². The van der Waals surface area contributed by atoms with Gasteiger partial charge in [-0.2, -0.15) is 0 Å². The Morgan fingerprint density at radius 1 is 1.43 bits per heavy atom. The van der Waals surface area contributed by atoms with E-state index in [-0.39, 0.29) is 24.3 Å². The number of hydrogen-bond donors (Lipinski definition) is 1. The Morgan fingerprint density at radius 2 is 2.17 bits per heavy atom. The van der Waals surface area contributed by atoms with Gasteiger partial charge in [0.15, 0.2) is 0 Å². The Kier molecular flexibility index (Phi) is 3.96. The summed E-state index contributed by atoms with van der Waals surface area (Å²) in [5.74, 6) is 0.457. The molecule has 0 aliphatic carbocycles. The number of rotatable bonds is 3. The monoisotopic (exact) mass is 321 g/mol. The Morgan fingerprint density at radius 3 is 2.74 bits per heavy atom. The third kappa shape index (κ3) is 2.55. The zero-order chi connectivity index (χ0) is 16.8. The van der Waals surface area contributed by atoms with Gasteiger partial charge in [0.05, 0.1) is 17.6 Å². The average Bonchev–Trinajstić information content (AvgIpc) is 3.08. The first-order chi connectivity index (χ1) is 10.8. The third-order valence-corrected chi connectivity index (χ3v) is 5.16. The van der Waals surface area contributed by atoms with Crippen LogP contribution in [0.15, 0.2) is 10.5 Å². The summed E-state index contributed by atoms with van der Waals surface area (Å²) in [5, 5.41) is 9.69. The molecule has 0 saturated carbocycles. The summed E-state index contributed by atoms with van der Waals surface area (Å²) in [6.07, 6.45) is 0.457. The zero-order valence-electron chi connectivity index (χ0n) is 13.8. The molecule has 2 aliphatic heterocycles. The van der Waals surface area contributed by atoms with Gasteiger partial charge in [0.25, 0.3) is 5.91 Å². The molecule has 1 amide bonds. The lowest BCUT2D eigenvalue weighted by Gasteiger charge is -2.33. The topological polar surface area (TPSA) is 80.0 Å². The van der Waals surface area contributed by atoms with Crippen LogP contribution in [0.4, 0.5) is 0 Å². The highest BCUT2D eigenvalue weighted by molar-refractivity contribution is 5.96. The quantitative estimate of drug-likeness (QED) is 0.924. The van der Waals surface area contributed by atoms with E-state index < -0.39 is 11.4 Å². The van der Waals surface area contributed by atoms with E-state index in [0.29, 0.717) is 37.5 Å². The molecule has 1 aromatic heterocycles. The first kappa shape index (κ1) is 16.1. The van der Waals surface area contributed by atoms with Crippen LogP contribution < -0.4 is 0 Å². The van der Waals surface area contributed by atoms with Crippen molar-refractivity contribution >= 4 is 11.9 Å². The number of nitrogens with zero attached hydrogens (tertiary/aromatic N) is 1. The molecule has 23 heavy (non-hydrogen) atoms. The van der Waals surface area contributed by atoms with E-state index in [4.69, 9.17) is 9.15 Å². The molecule has 0 aromatic carbocycles. The van der Waals surface area contributed by atoms with Gasteiger partial charge in [-0.3, -0.25) is 9.59 Å². The Balaban J connectivity index is 1.85. The zero-order valence-corrected chi connectivity index (χ0v) is 13.8. The molecule has 2 aliphatic rings. The van der Waals surface area contributed by atoms with Crippen LogP contribution in [0.1, 0.15) is 48.1 Å². The Bertz CT molecular complexity index is 635. The first-order valence-corrected chi connectivity index (χ1v) is 8.06. The Labute approximate surface area is 135 Å². The van der Waals surface area contributed by atoms with E-state index in [2.05, 4.69) is 0 Å². The number of carbonyl (C=O) groups excluding carboxylic acids is 1. The summed E-state index contributed by atoms with van der Waals surface area (Å²) in [4.78, 5) is 26.3. The predicted molar refractivity (Wildman–Crippen MR) is 82.4 cm³/mol. The fourth-order valence-electron chi connectivity index (χ4n) is 3.63. The lowest BCUT2D eigenvalue weighted by Crippen LogP contribution is -2.45. The van der Waals surface area contributed by atoms with Gasteiger partial charge >= 0.3 is 5.97 Å². The van der Waals surface area contributed by atoms with Crippen LogP contribution in [0.2, 0.25) is 0 Å². The summed E-state index contributed by atoms with van der Waals surface area (Å²) in [7, 11) is 0. The molecule has 3 rings (SSSR count). The second-order valence-electron chi connectivity index (χ2n) is 6.94. The molecule has 2 fully saturated rings. The normalized spacial score (nSPS) is 27.3. The predicted octanol–water partition coefficient (Wildman–Crippen LogP) is 2.27. The van der Waals surface area contributed by atoms with Gasteiger partial charge in [0.2, 0.25) is 0 Å². The van der Waals surface area contributed by atoms with E-state index in [1.54, 1.807) is 17.9 Å². The summed E-state index contributed by atoms with van der Waals surface area (Å²) < 4.78 is 11.1. The van der Waals surface area contributed by atoms with Crippen molar-refractivity contribution in [3.05, 3.63) is 23.2 Å². The number of aryl methyl sites for hydroxylation is 1. The number of hydrogen-bond acceptors (Lipinski definition) is 4. The highest BCUT2D eigenvalue weighted by Crippen LogP contribution is 2.43. The summed E-state index contributed by atoms with van der Waals surface area (Å²) in [6.45, 7) is 7.30. The molecule has 6 heteroatoms. The molecule has 1 aromatic rings. The number of amides is 1. The van der Waals surface area contributed by atoms with Crippen molar-refractivity contribution in [1.82, 2.24) is 4.90 Å². The lowest BCUT2D eigenvalue weighted by atomic mass is 9.74. The summed E-state index contributed by atoms with van der Waals surface area (Å²) in [6, 6.07) is 1.79. The van der Waals surface area contributed by atoms with Crippen LogP contribution in [0.5, 0.6) is 0 Å². The van der Waals surface area contributed by atoms with Gasteiger partial charge < -0.3 is 19.2 Å². The average molecular weight is 321 g/mol. The number of fused-ring (bicyclic) bond motifs is 1. The fraction of sp³-hybridized carbons (Fsp3) is 0.647. The minimum absolute atomic E-state index is 0.144. The molecule has 126 valence electrons. The molecule has 0 unspecified atom stereocenters. The minimum atomic E-state index is -0.869. The fourth-order valence-corrected chi connectivity index (χ4v) is 3.63. The van der Waals surface area contributed by atoms with E-state index in [0.717, 1.165) is 5.76 Å². The lowest BCUT2D eigenvalue weighted by molar-refractivity contribution is -0.157. The highest BCUT2D eigenvalue weighted by Gasteiger charge is 2.55. The van der Waals surface area contributed by atoms with Gasteiger partial charge in [0, 0.05) is 31.5 Å². The molecule has 2 atom stereocenters. The van der Waals surface area contributed by atoms with Crippen LogP contribution in [0, 0.1) is 18.3 Å². The molecule has 0 bridgehead atoms. The van der Waals surface area contributed by atoms with Crippen molar-refractivity contribution in [3.63, 3.8) is 0 Å². The van der Waals surface area contributed by atoms with Crippen LogP contribution in [0.3, 0.4) is 0 Å². The van der Waals surface area contributed by atoms with E-state index in [1.807, 2.05) is 13.8 Å². The van der Waals surface area contributed by atoms with Crippen molar-refractivity contribution in [1.29, 1.82) is 0 Å². The maximum absolute atomic E-state index is 12.8. The minimum Gasteiger partial charge on any atom is -0.481 e. The van der Waals surface area contributed by atoms with Crippen LogP contribution >= 0.6 is 0 Å². The number of aliphatic carboxylic acids is 1. The van der Waals surface area contributed by atoms with Crippen molar-refractivity contribution in [2.75, 3.05) is 26.3 Å². The van der Waals surface area contributed by atoms with Crippen molar-refractivity contribution < 1.29 is 23.8 Å². The number of carboxylic acids is 1. The van der Waals surface area contributed by atoms with Gasteiger partial charge in [0.1, 0.15) is 11.5 Å². The number of carboxylic acid groups (broad SMARTS) is 1. The van der Waals surface area contributed by atoms with Crippen molar-refractivity contribution in [2.45, 2.75) is 33.1 Å². The number of furan rings is 1. The van der Waals surface area contributed by atoms with E-state index in [1.165, 1.54) is 0 Å². The molecular weight excluding hydrogens is 298 g/mol. The molecule has 0 spiro atoms. The molecule has 2 saturated heterocycles. The second kappa shape index (κ2) is 5.67. The van der Waals surface area contributed by atoms with Gasteiger partial charge in [-0.15, -0.1) is 0 Å². The first-order valence-electron chi connectivity index (χ1n) is 8.06. The number of carbonyl (C=O) groups is 2. The standard InChI is InChI=1S/C17H23NO5/c1-10(2)14-6-13(11(3)23-14)15(19)18-7-12-8-22-5-4-17(12,9-18)16(20)21/h6,10,12H,4-5,7-9H2,1-3H3,(H,20,21)/t12-,17+/m0/s1. The van der Waals surface area contributed by atoms with Crippen molar-refractivity contribution in [2.24, 2.45) is 11.3 Å². The van der Waals surface area contributed by atoms with Gasteiger partial charge in [-0.05, 0) is 19.4 Å². The summed E-state index contributed by atoms with van der Waals surface area (Å²) >= 11 is 0. The molecule has 0 radical (unpaired) electrons. The van der Waals surface area contributed by atoms with Crippen LogP contribution in [-0.4, -0.2) is 48.2 Å². The smallest absolute Gasteiger partial charge is 0.311 e. The van der Waals surface area contributed by atoms with E-state index in [9.17, 15) is 14.7 Å². The highest BCUT2D eigenvalue weighted by atomic mass is 16.5. The van der Waals surface area contributed by atoms with Gasteiger partial charge in [-0.25, -0.2) is 0 Å². The molecule has 1 N–H and O–H groups in total. The maximum atomic E-state index is 12.8. The number of ether oxygens (including phenoxy) is 1. The maximum Gasteiger partial charge on any atom is 0.311 e. The number of likely N-dealkylation sites (tertiary alicyclic amines) is 1. The Hall–Kier alpha value is -1.82. The van der Waals surface area contributed by atoms with Crippen molar-refractivity contribution in [3.8, 4) is 0 Å².